The summed E-state index contributed by atoms with van der Waals surface area (Å²) in [6.45, 7) is 3.66. The van der Waals surface area contributed by atoms with Gasteiger partial charge in [-0.3, -0.25) is 14.4 Å². The smallest absolute Gasteiger partial charge is 0.270 e. The number of carbonyl (C=O) groups is 3. The Labute approximate surface area is 158 Å². The van der Waals surface area contributed by atoms with Gasteiger partial charge in [-0.25, -0.2) is 12.7 Å². The van der Waals surface area contributed by atoms with Gasteiger partial charge in [0.15, 0.2) is 5.78 Å². The van der Waals surface area contributed by atoms with Crippen molar-refractivity contribution >= 4 is 27.6 Å². The molecular weight excluding hydrogens is 374 g/mol. The van der Waals surface area contributed by atoms with Crippen molar-refractivity contribution in [2.45, 2.75) is 50.5 Å². The minimum absolute atomic E-state index is 0.00875. The topological polar surface area (TPSA) is 140 Å². The maximum Gasteiger partial charge on any atom is 0.270 e. The first-order valence-corrected chi connectivity index (χ1v) is 10.2. The molecule has 9 nitrogen and oxygen atoms in total. The fourth-order valence-electron chi connectivity index (χ4n) is 3.18. The van der Waals surface area contributed by atoms with Gasteiger partial charge in [-0.1, -0.05) is 6.92 Å². The fraction of sp³-hybridized carbons (Fsp3) is 0.588. The van der Waals surface area contributed by atoms with Crippen molar-refractivity contribution in [1.29, 1.82) is 0 Å². The molecule has 2 atom stereocenters. The monoisotopic (exact) mass is 399 g/mol. The highest BCUT2D eigenvalue weighted by molar-refractivity contribution is 7.89. The Hall–Kier alpha value is -2.20. The molecule has 1 unspecified atom stereocenters. The summed E-state index contributed by atoms with van der Waals surface area (Å²) in [5.74, 6) is -1.99. The van der Waals surface area contributed by atoms with E-state index in [1.54, 1.807) is 6.92 Å². The summed E-state index contributed by atoms with van der Waals surface area (Å²) in [4.78, 5) is 36.4. The number of ketones is 1. The maximum atomic E-state index is 13.2. The van der Waals surface area contributed by atoms with Crippen LogP contribution in [0.4, 0.5) is 0 Å². The van der Waals surface area contributed by atoms with Crippen LogP contribution in [-0.2, 0) is 24.4 Å². The molecule has 0 aliphatic carbocycles. The minimum Gasteiger partial charge on any atom is -0.468 e. The number of nitrogens with two attached hydrogens (primary N) is 1. The lowest BCUT2D eigenvalue weighted by Gasteiger charge is -2.30. The lowest BCUT2D eigenvalue weighted by Crippen LogP contribution is -2.50. The number of Topliss-reactive ketones (excluding diaryl/α,β-unsaturated/α-hetero) is 1. The van der Waals surface area contributed by atoms with Crippen LogP contribution in [0.5, 0.6) is 0 Å². The quantitative estimate of drug-likeness (QED) is 0.673. The number of hydrogen-bond acceptors (Lipinski definition) is 7. The third-order valence-electron chi connectivity index (χ3n) is 4.45. The largest absolute Gasteiger partial charge is 0.468 e. The fourth-order valence-corrected chi connectivity index (χ4v) is 4.94. The number of aryl methyl sites for hydroxylation is 1. The van der Waals surface area contributed by atoms with Crippen LogP contribution in [0, 0.1) is 12.8 Å². The Morgan fingerprint density at radius 3 is 2.70 bits per heavy atom. The predicted molar refractivity (Wildman–Crippen MR) is 96.0 cm³/mol. The average molecular weight is 399 g/mol. The second-order valence-electron chi connectivity index (χ2n) is 6.82. The van der Waals surface area contributed by atoms with Crippen LogP contribution in [0.3, 0.4) is 0 Å². The molecule has 1 aromatic rings. The number of amides is 2. The summed E-state index contributed by atoms with van der Waals surface area (Å²) in [5, 5.41) is 2.92. The molecule has 3 N–H and O–H groups in total. The molecule has 0 saturated carbocycles. The number of nitrogens with zero attached hydrogens (tertiary/aromatic N) is 1. The molecule has 0 spiro atoms. The molecule has 1 fully saturated rings. The molecule has 1 aliphatic rings. The molecule has 0 bridgehead atoms. The zero-order chi connectivity index (χ0) is 20.2. The number of primary amides is 1. The van der Waals surface area contributed by atoms with Crippen LogP contribution < -0.4 is 11.1 Å². The van der Waals surface area contributed by atoms with E-state index in [1.165, 1.54) is 19.3 Å². The summed E-state index contributed by atoms with van der Waals surface area (Å²) < 4.78 is 32.2. The van der Waals surface area contributed by atoms with Crippen LogP contribution in [0.15, 0.2) is 21.6 Å². The third kappa shape index (κ3) is 4.95. The zero-order valence-corrected chi connectivity index (χ0v) is 16.3. The van der Waals surface area contributed by atoms with Gasteiger partial charge in [0, 0.05) is 12.8 Å². The van der Waals surface area contributed by atoms with Crippen molar-refractivity contribution in [3.05, 3.63) is 18.1 Å². The third-order valence-corrected chi connectivity index (χ3v) is 6.41. The number of sulfonamides is 1. The summed E-state index contributed by atoms with van der Waals surface area (Å²) in [6, 6.07) is 0.171. The highest BCUT2D eigenvalue weighted by Crippen LogP contribution is 2.27. The van der Waals surface area contributed by atoms with Crippen molar-refractivity contribution < 1.29 is 27.2 Å². The van der Waals surface area contributed by atoms with Crippen molar-refractivity contribution in [2.24, 2.45) is 11.7 Å². The first-order chi connectivity index (χ1) is 12.6. The molecule has 150 valence electrons. The molecule has 27 heavy (non-hydrogen) atoms. The summed E-state index contributed by atoms with van der Waals surface area (Å²) in [7, 11) is -4.29. The second-order valence-corrected chi connectivity index (χ2v) is 8.60. The van der Waals surface area contributed by atoms with Crippen molar-refractivity contribution in [2.75, 3.05) is 13.1 Å². The highest BCUT2D eigenvalue weighted by atomic mass is 32.2. The Kier molecular flexibility index (Phi) is 6.77. The molecule has 0 aromatic carbocycles. The first kappa shape index (κ1) is 21.1. The second kappa shape index (κ2) is 8.66. The van der Waals surface area contributed by atoms with Gasteiger partial charge in [0.1, 0.15) is 16.7 Å². The number of rotatable bonds is 7. The van der Waals surface area contributed by atoms with E-state index < -0.39 is 33.8 Å². The summed E-state index contributed by atoms with van der Waals surface area (Å²) >= 11 is 0. The van der Waals surface area contributed by atoms with Crippen molar-refractivity contribution in [3.8, 4) is 0 Å². The van der Waals surface area contributed by atoms with Gasteiger partial charge in [-0.15, -0.1) is 0 Å². The molecule has 0 radical (unpaired) electrons. The number of nitrogens with one attached hydrogen (secondary N) is 1. The van der Waals surface area contributed by atoms with E-state index in [0.717, 1.165) is 0 Å². The molecule has 1 aliphatic heterocycles. The van der Waals surface area contributed by atoms with Crippen LogP contribution in [0.1, 0.15) is 38.4 Å². The molecule has 2 rings (SSSR count). The van der Waals surface area contributed by atoms with Crippen molar-refractivity contribution in [1.82, 2.24) is 9.62 Å². The summed E-state index contributed by atoms with van der Waals surface area (Å²) in [5.41, 5.74) is 5.16. The molecule has 10 heteroatoms. The molecule has 2 heterocycles. The Bertz CT molecular complexity index is 816. The SMILES string of the molecule is Cc1occc1S(=O)(=O)N(C(=O)C[C@@H](C)CC(N)=O)C1CCCNCC1=O. The lowest BCUT2D eigenvalue weighted by molar-refractivity contribution is -0.134. The molecule has 1 saturated heterocycles. The van der Waals surface area contributed by atoms with Crippen LogP contribution in [-0.4, -0.2) is 49.5 Å². The first-order valence-electron chi connectivity index (χ1n) is 8.77. The zero-order valence-electron chi connectivity index (χ0n) is 15.4. The number of carbonyl (C=O) groups excluding carboxylic acids is 3. The van der Waals surface area contributed by atoms with Crippen LogP contribution in [0.2, 0.25) is 0 Å². The van der Waals surface area contributed by atoms with Gasteiger partial charge < -0.3 is 15.5 Å². The van der Waals surface area contributed by atoms with Crippen LogP contribution >= 0.6 is 0 Å². The van der Waals surface area contributed by atoms with E-state index in [-0.39, 0.29) is 42.2 Å². The maximum absolute atomic E-state index is 13.2. The van der Waals surface area contributed by atoms with E-state index in [1.807, 2.05) is 0 Å². The summed E-state index contributed by atoms with van der Waals surface area (Å²) in [6.07, 6.45) is 1.74. The van der Waals surface area contributed by atoms with E-state index in [0.29, 0.717) is 17.3 Å². The minimum atomic E-state index is -4.29. The Balaban J connectivity index is 2.42. The van der Waals surface area contributed by atoms with E-state index in [9.17, 15) is 22.8 Å². The number of hydrogen-bond donors (Lipinski definition) is 2. The lowest BCUT2D eigenvalue weighted by atomic mass is 10.0. The highest BCUT2D eigenvalue weighted by Gasteiger charge is 2.41. The Morgan fingerprint density at radius 2 is 2.11 bits per heavy atom. The van der Waals surface area contributed by atoms with E-state index in [4.69, 9.17) is 10.2 Å². The average Bonchev–Trinajstić information content (AvgIpc) is 2.88. The molecular formula is C17H25N3O6S. The standard InChI is InChI=1S/C17H25N3O6S/c1-11(8-16(18)22)9-17(23)20(13-4-3-6-19-10-14(13)21)27(24,25)15-5-7-26-12(15)2/h5,7,11,13,19H,3-4,6,8-10H2,1-2H3,(H2,18,22)/t11-,13?/m0/s1. The van der Waals surface area contributed by atoms with Gasteiger partial charge in [-0.2, -0.15) is 0 Å². The van der Waals surface area contributed by atoms with Gasteiger partial charge in [0.2, 0.25) is 11.8 Å². The van der Waals surface area contributed by atoms with E-state index >= 15 is 0 Å². The normalized spacial score (nSPS) is 19.3. The van der Waals surface area contributed by atoms with Gasteiger partial charge >= 0.3 is 0 Å². The molecule has 1 aromatic heterocycles. The van der Waals surface area contributed by atoms with Gasteiger partial charge in [-0.05, 0) is 38.3 Å². The van der Waals surface area contributed by atoms with Gasteiger partial charge in [0.05, 0.1) is 12.8 Å². The van der Waals surface area contributed by atoms with E-state index in [2.05, 4.69) is 5.32 Å². The van der Waals surface area contributed by atoms with Crippen molar-refractivity contribution in [3.63, 3.8) is 0 Å². The Morgan fingerprint density at radius 1 is 1.41 bits per heavy atom. The molecule has 2 amide bonds. The predicted octanol–water partition coefficient (Wildman–Crippen LogP) is 0.328. The van der Waals surface area contributed by atoms with Crippen LogP contribution in [0.25, 0.3) is 0 Å². The number of furan rings is 1. The van der Waals surface area contributed by atoms with Gasteiger partial charge in [0.25, 0.3) is 10.0 Å².